The summed E-state index contributed by atoms with van der Waals surface area (Å²) in [6, 6.07) is 4.88. The van der Waals surface area contributed by atoms with Crippen LogP contribution in [0.15, 0.2) is 18.2 Å². The summed E-state index contributed by atoms with van der Waals surface area (Å²) in [6.07, 6.45) is 2.05. The summed E-state index contributed by atoms with van der Waals surface area (Å²) in [7, 11) is 0. The van der Waals surface area contributed by atoms with Gasteiger partial charge in [-0.25, -0.2) is 4.39 Å². The number of amides is 1. The molecule has 1 heterocycles. The normalized spacial score (nSPS) is 17.7. The van der Waals surface area contributed by atoms with Gasteiger partial charge in [-0.2, -0.15) is 0 Å². The zero-order valence-electron chi connectivity index (χ0n) is 12.1. The number of hydrogen-bond acceptors (Lipinski definition) is 3. The Morgan fingerprint density at radius 3 is 2.81 bits per heavy atom. The van der Waals surface area contributed by atoms with Crippen LogP contribution in [0.25, 0.3) is 10.1 Å². The van der Waals surface area contributed by atoms with Gasteiger partial charge in [0.05, 0.1) is 17.0 Å². The number of carbonyl (C=O) groups excluding carboxylic acids is 1. The standard InChI is InChI=1S/C16H18FNO2S/c1-9-13-11(17)4-3-5-12(13)21-14(9)15(20)18-16(2,8-19)10-6-7-10/h3-5,10,19H,6-8H2,1-2H3,(H,18,20). The van der Waals surface area contributed by atoms with Crippen LogP contribution in [-0.4, -0.2) is 23.2 Å². The quantitative estimate of drug-likeness (QED) is 0.911. The lowest BCUT2D eigenvalue weighted by Crippen LogP contribution is -2.50. The van der Waals surface area contributed by atoms with Crippen LogP contribution < -0.4 is 5.32 Å². The van der Waals surface area contributed by atoms with Gasteiger partial charge < -0.3 is 10.4 Å². The van der Waals surface area contributed by atoms with Crippen molar-refractivity contribution in [2.45, 2.75) is 32.2 Å². The molecule has 1 amide bonds. The van der Waals surface area contributed by atoms with Gasteiger partial charge in [-0.3, -0.25) is 4.79 Å². The maximum absolute atomic E-state index is 13.9. The molecule has 0 bridgehead atoms. The summed E-state index contributed by atoms with van der Waals surface area (Å²) in [5, 5.41) is 13.0. The number of benzene rings is 1. The molecule has 0 aliphatic heterocycles. The van der Waals surface area contributed by atoms with Gasteiger partial charge in [-0.15, -0.1) is 11.3 Å². The molecule has 0 spiro atoms. The number of aliphatic hydroxyl groups excluding tert-OH is 1. The van der Waals surface area contributed by atoms with Crippen LogP contribution in [0.1, 0.15) is 35.0 Å². The third kappa shape index (κ3) is 2.45. The van der Waals surface area contributed by atoms with Crippen molar-refractivity contribution in [2.75, 3.05) is 6.61 Å². The van der Waals surface area contributed by atoms with E-state index in [0.717, 1.165) is 17.5 Å². The highest BCUT2D eigenvalue weighted by Crippen LogP contribution is 2.40. The van der Waals surface area contributed by atoms with Gasteiger partial charge >= 0.3 is 0 Å². The van der Waals surface area contributed by atoms with Crippen molar-refractivity contribution in [1.82, 2.24) is 5.32 Å². The molecule has 5 heteroatoms. The predicted octanol–water partition coefficient (Wildman–Crippen LogP) is 3.24. The fourth-order valence-electron chi connectivity index (χ4n) is 2.78. The first-order valence-corrected chi connectivity index (χ1v) is 7.89. The third-order valence-corrected chi connectivity index (χ3v) is 5.57. The van der Waals surface area contributed by atoms with Gasteiger partial charge in [-0.1, -0.05) is 6.07 Å². The predicted molar refractivity (Wildman–Crippen MR) is 82.2 cm³/mol. The van der Waals surface area contributed by atoms with Gasteiger partial charge in [0.2, 0.25) is 0 Å². The first-order chi connectivity index (χ1) is 9.96. The molecule has 1 saturated carbocycles. The molecule has 0 saturated heterocycles. The fourth-order valence-corrected chi connectivity index (χ4v) is 3.90. The van der Waals surface area contributed by atoms with Crippen LogP contribution in [0, 0.1) is 18.7 Å². The number of rotatable bonds is 4. The Hall–Kier alpha value is -1.46. The van der Waals surface area contributed by atoms with Crippen molar-refractivity contribution in [2.24, 2.45) is 5.92 Å². The van der Waals surface area contributed by atoms with E-state index in [1.807, 2.05) is 13.0 Å². The fraction of sp³-hybridized carbons (Fsp3) is 0.438. The molecule has 112 valence electrons. The van der Waals surface area contributed by atoms with E-state index >= 15 is 0 Å². The topological polar surface area (TPSA) is 49.3 Å². The van der Waals surface area contributed by atoms with Crippen LogP contribution in [-0.2, 0) is 0 Å². The molecule has 2 N–H and O–H groups in total. The lowest BCUT2D eigenvalue weighted by molar-refractivity contribution is 0.0828. The van der Waals surface area contributed by atoms with Gasteiger partial charge in [0.1, 0.15) is 5.82 Å². The van der Waals surface area contributed by atoms with Gasteiger partial charge in [-0.05, 0) is 50.3 Å². The molecule has 1 aliphatic carbocycles. The molecule has 0 radical (unpaired) electrons. The minimum absolute atomic E-state index is 0.0816. The summed E-state index contributed by atoms with van der Waals surface area (Å²) in [6.45, 7) is 3.55. The second kappa shape index (κ2) is 5.07. The summed E-state index contributed by atoms with van der Waals surface area (Å²) in [5.41, 5.74) is 0.0832. The Labute approximate surface area is 126 Å². The van der Waals surface area contributed by atoms with Gasteiger partial charge in [0.25, 0.3) is 5.91 Å². The van der Waals surface area contributed by atoms with E-state index < -0.39 is 5.54 Å². The van der Waals surface area contributed by atoms with Gasteiger partial charge in [0.15, 0.2) is 0 Å². The summed E-state index contributed by atoms with van der Waals surface area (Å²) < 4.78 is 14.7. The number of fused-ring (bicyclic) bond motifs is 1. The Kier molecular flexibility index (Phi) is 3.50. The summed E-state index contributed by atoms with van der Waals surface area (Å²) in [5.74, 6) is -0.193. The SMILES string of the molecule is Cc1c(C(=O)NC(C)(CO)C2CC2)sc2cccc(F)c12. The molecule has 1 aromatic heterocycles. The van der Waals surface area contributed by atoms with E-state index in [9.17, 15) is 14.3 Å². The maximum Gasteiger partial charge on any atom is 0.262 e. The van der Waals surface area contributed by atoms with Crippen LogP contribution in [0.2, 0.25) is 0 Å². The molecule has 1 unspecified atom stereocenters. The number of nitrogens with one attached hydrogen (secondary N) is 1. The molecule has 1 aromatic carbocycles. The van der Waals surface area contributed by atoms with E-state index in [0.29, 0.717) is 21.7 Å². The first-order valence-electron chi connectivity index (χ1n) is 7.07. The zero-order valence-corrected chi connectivity index (χ0v) is 12.9. The molecule has 3 nitrogen and oxygen atoms in total. The van der Waals surface area contributed by atoms with E-state index in [4.69, 9.17) is 0 Å². The van der Waals surface area contributed by atoms with Crippen molar-refractivity contribution in [3.05, 3.63) is 34.5 Å². The van der Waals surface area contributed by atoms with Crippen molar-refractivity contribution in [1.29, 1.82) is 0 Å². The highest BCUT2D eigenvalue weighted by Gasteiger charge is 2.42. The Morgan fingerprint density at radius 1 is 1.52 bits per heavy atom. The second-order valence-electron chi connectivity index (χ2n) is 5.97. The molecule has 1 aliphatic rings. The Balaban J connectivity index is 1.95. The average Bonchev–Trinajstić information content (AvgIpc) is 3.24. The number of halogens is 1. The molecule has 1 atom stereocenters. The summed E-state index contributed by atoms with van der Waals surface area (Å²) >= 11 is 1.30. The molecular formula is C16H18FNO2S. The number of aryl methyl sites for hydroxylation is 1. The van der Waals surface area contributed by atoms with Crippen LogP contribution in [0.4, 0.5) is 4.39 Å². The number of thiophene rings is 1. The van der Waals surface area contributed by atoms with Crippen molar-refractivity contribution < 1.29 is 14.3 Å². The smallest absolute Gasteiger partial charge is 0.262 e. The highest BCUT2D eigenvalue weighted by molar-refractivity contribution is 7.21. The minimum Gasteiger partial charge on any atom is -0.394 e. The highest BCUT2D eigenvalue weighted by atomic mass is 32.1. The average molecular weight is 307 g/mol. The Morgan fingerprint density at radius 2 is 2.24 bits per heavy atom. The van der Waals surface area contributed by atoms with Gasteiger partial charge in [0, 0.05) is 10.1 Å². The van der Waals surface area contributed by atoms with E-state index in [2.05, 4.69) is 5.32 Å². The minimum atomic E-state index is -0.585. The number of carbonyl (C=O) groups is 1. The lowest BCUT2D eigenvalue weighted by Gasteiger charge is -2.28. The van der Waals surface area contributed by atoms with E-state index in [1.54, 1.807) is 13.0 Å². The van der Waals surface area contributed by atoms with Crippen LogP contribution in [0.5, 0.6) is 0 Å². The molecular weight excluding hydrogens is 289 g/mol. The second-order valence-corrected chi connectivity index (χ2v) is 7.03. The molecule has 21 heavy (non-hydrogen) atoms. The zero-order chi connectivity index (χ0) is 15.2. The van der Waals surface area contributed by atoms with E-state index in [1.165, 1.54) is 17.4 Å². The third-order valence-electron chi connectivity index (χ3n) is 4.32. The van der Waals surface area contributed by atoms with Crippen molar-refractivity contribution in [3.8, 4) is 0 Å². The summed E-state index contributed by atoms with van der Waals surface area (Å²) in [4.78, 5) is 13.0. The first kappa shape index (κ1) is 14.5. The Bertz CT molecular complexity index is 708. The largest absolute Gasteiger partial charge is 0.394 e. The molecule has 1 fully saturated rings. The lowest BCUT2D eigenvalue weighted by atomic mass is 9.96. The molecule has 2 aromatic rings. The number of hydrogen-bond donors (Lipinski definition) is 2. The molecule has 3 rings (SSSR count). The van der Waals surface area contributed by atoms with Crippen molar-refractivity contribution >= 4 is 27.3 Å². The van der Waals surface area contributed by atoms with E-state index in [-0.39, 0.29) is 18.3 Å². The van der Waals surface area contributed by atoms with Crippen LogP contribution >= 0.6 is 11.3 Å². The van der Waals surface area contributed by atoms with Crippen LogP contribution in [0.3, 0.4) is 0 Å². The maximum atomic E-state index is 13.9. The van der Waals surface area contributed by atoms with Crippen molar-refractivity contribution in [3.63, 3.8) is 0 Å². The number of aliphatic hydroxyl groups is 1. The monoisotopic (exact) mass is 307 g/mol.